The zero-order valence-electron chi connectivity index (χ0n) is 11.1. The molecule has 0 radical (unpaired) electrons. The average molecular weight is 236 g/mol. The third-order valence-corrected chi connectivity index (χ3v) is 3.25. The Balaban J connectivity index is 3.08. The van der Waals surface area contributed by atoms with Gasteiger partial charge in [0.25, 0.3) is 0 Å². The standard InChI is InChI=1S/C14H20O3/c1-8-6-10(3)12(7-9(8)2)13(15)11(4)14(16)17-5/h6-7,11,13,15H,1-5H3. The maximum absolute atomic E-state index is 11.4. The fourth-order valence-electron chi connectivity index (χ4n) is 1.89. The van der Waals surface area contributed by atoms with Crippen LogP contribution in [0.4, 0.5) is 0 Å². The molecule has 0 saturated carbocycles. The second kappa shape index (κ2) is 5.32. The summed E-state index contributed by atoms with van der Waals surface area (Å²) in [7, 11) is 1.33. The molecule has 3 nitrogen and oxygen atoms in total. The fourth-order valence-corrected chi connectivity index (χ4v) is 1.89. The molecule has 0 fully saturated rings. The third kappa shape index (κ3) is 2.86. The average Bonchev–Trinajstić information content (AvgIpc) is 2.31. The van der Waals surface area contributed by atoms with E-state index in [4.69, 9.17) is 0 Å². The Morgan fingerprint density at radius 2 is 1.71 bits per heavy atom. The Morgan fingerprint density at radius 1 is 1.18 bits per heavy atom. The molecular weight excluding hydrogens is 216 g/mol. The highest BCUT2D eigenvalue weighted by molar-refractivity contribution is 5.72. The molecule has 94 valence electrons. The summed E-state index contributed by atoms with van der Waals surface area (Å²) in [4.78, 5) is 11.4. The topological polar surface area (TPSA) is 46.5 Å². The summed E-state index contributed by atoms with van der Waals surface area (Å²) in [6.07, 6.45) is -0.818. The van der Waals surface area contributed by atoms with E-state index in [1.807, 2.05) is 32.9 Å². The molecule has 0 aliphatic heterocycles. The molecule has 0 aromatic heterocycles. The third-order valence-electron chi connectivity index (χ3n) is 3.25. The molecule has 0 amide bonds. The van der Waals surface area contributed by atoms with Gasteiger partial charge in [0.05, 0.1) is 19.1 Å². The van der Waals surface area contributed by atoms with Crippen LogP contribution in [0.1, 0.15) is 35.3 Å². The number of hydrogen-bond donors (Lipinski definition) is 1. The van der Waals surface area contributed by atoms with Crippen molar-refractivity contribution in [2.24, 2.45) is 5.92 Å². The first kappa shape index (κ1) is 13.7. The molecule has 0 aliphatic carbocycles. The van der Waals surface area contributed by atoms with Gasteiger partial charge in [0, 0.05) is 0 Å². The molecule has 0 spiro atoms. The van der Waals surface area contributed by atoms with Gasteiger partial charge < -0.3 is 9.84 Å². The van der Waals surface area contributed by atoms with Gasteiger partial charge in [-0.1, -0.05) is 12.1 Å². The van der Waals surface area contributed by atoms with Crippen molar-refractivity contribution in [3.63, 3.8) is 0 Å². The number of esters is 1. The maximum Gasteiger partial charge on any atom is 0.311 e. The van der Waals surface area contributed by atoms with E-state index in [1.165, 1.54) is 12.7 Å². The van der Waals surface area contributed by atoms with Crippen molar-refractivity contribution in [3.05, 3.63) is 34.4 Å². The molecule has 17 heavy (non-hydrogen) atoms. The van der Waals surface area contributed by atoms with Gasteiger partial charge in [0.2, 0.25) is 0 Å². The molecule has 2 unspecified atom stereocenters. The first-order valence-corrected chi connectivity index (χ1v) is 5.72. The van der Waals surface area contributed by atoms with Crippen molar-refractivity contribution in [1.29, 1.82) is 0 Å². The second-order valence-electron chi connectivity index (χ2n) is 4.55. The minimum absolute atomic E-state index is 0.393. The highest BCUT2D eigenvalue weighted by Gasteiger charge is 2.25. The van der Waals surface area contributed by atoms with E-state index >= 15 is 0 Å². The highest BCUT2D eigenvalue weighted by Crippen LogP contribution is 2.27. The van der Waals surface area contributed by atoms with E-state index in [0.717, 1.165) is 16.7 Å². The first-order chi connectivity index (χ1) is 7.88. The summed E-state index contributed by atoms with van der Waals surface area (Å²) in [6, 6.07) is 3.96. The quantitative estimate of drug-likeness (QED) is 0.820. The van der Waals surface area contributed by atoms with Crippen LogP contribution in [0.2, 0.25) is 0 Å². The summed E-state index contributed by atoms with van der Waals surface area (Å²) in [5.41, 5.74) is 4.09. The normalized spacial score (nSPS) is 14.2. The van der Waals surface area contributed by atoms with Gasteiger partial charge in [-0.05, 0) is 49.9 Å². The molecule has 1 rings (SSSR count). The van der Waals surface area contributed by atoms with Gasteiger partial charge in [0.1, 0.15) is 0 Å². The molecule has 1 N–H and O–H groups in total. The lowest BCUT2D eigenvalue weighted by Gasteiger charge is -2.20. The van der Waals surface area contributed by atoms with Gasteiger partial charge in [-0.3, -0.25) is 4.79 Å². The SMILES string of the molecule is COC(=O)C(C)C(O)c1cc(C)c(C)cc1C. The molecule has 0 bridgehead atoms. The first-order valence-electron chi connectivity index (χ1n) is 5.72. The number of hydrogen-bond acceptors (Lipinski definition) is 3. The predicted molar refractivity (Wildman–Crippen MR) is 66.8 cm³/mol. The lowest BCUT2D eigenvalue weighted by Crippen LogP contribution is -2.21. The predicted octanol–water partition coefficient (Wildman–Crippen LogP) is 2.45. The Bertz CT molecular complexity index is 424. The van der Waals surface area contributed by atoms with E-state index in [1.54, 1.807) is 6.92 Å². The Labute approximate surface area is 102 Å². The lowest BCUT2D eigenvalue weighted by atomic mass is 9.91. The minimum atomic E-state index is -0.818. The van der Waals surface area contributed by atoms with Gasteiger partial charge >= 0.3 is 5.97 Å². The lowest BCUT2D eigenvalue weighted by molar-refractivity contribution is -0.148. The molecule has 3 heteroatoms. The number of methoxy groups -OCH3 is 1. The van der Waals surface area contributed by atoms with Gasteiger partial charge in [-0.15, -0.1) is 0 Å². The number of aliphatic hydroxyl groups is 1. The second-order valence-corrected chi connectivity index (χ2v) is 4.55. The van der Waals surface area contributed by atoms with Crippen LogP contribution in [0.25, 0.3) is 0 Å². The highest BCUT2D eigenvalue weighted by atomic mass is 16.5. The van der Waals surface area contributed by atoms with Crippen molar-refractivity contribution in [3.8, 4) is 0 Å². The molecular formula is C14H20O3. The van der Waals surface area contributed by atoms with E-state index in [9.17, 15) is 9.90 Å². The maximum atomic E-state index is 11.4. The largest absolute Gasteiger partial charge is 0.469 e. The van der Waals surface area contributed by atoms with Crippen LogP contribution < -0.4 is 0 Å². The Kier molecular flexibility index (Phi) is 4.29. The summed E-state index contributed by atoms with van der Waals surface area (Å²) in [6.45, 7) is 7.64. The fraction of sp³-hybridized carbons (Fsp3) is 0.500. The number of ether oxygens (including phenoxy) is 1. The molecule has 1 aromatic rings. The number of aliphatic hydroxyl groups excluding tert-OH is 1. The summed E-state index contributed by atoms with van der Waals surface area (Å²) < 4.78 is 4.65. The van der Waals surface area contributed by atoms with Crippen LogP contribution in [0.3, 0.4) is 0 Å². The van der Waals surface area contributed by atoms with Crippen molar-refractivity contribution in [2.75, 3.05) is 7.11 Å². The zero-order chi connectivity index (χ0) is 13.2. The molecule has 0 heterocycles. The van der Waals surface area contributed by atoms with Crippen molar-refractivity contribution < 1.29 is 14.6 Å². The smallest absolute Gasteiger partial charge is 0.311 e. The number of rotatable bonds is 3. The van der Waals surface area contributed by atoms with Crippen LogP contribution in [-0.4, -0.2) is 18.2 Å². The summed E-state index contributed by atoms with van der Waals surface area (Å²) >= 11 is 0. The van der Waals surface area contributed by atoms with E-state index in [-0.39, 0.29) is 0 Å². The van der Waals surface area contributed by atoms with Crippen molar-refractivity contribution in [1.82, 2.24) is 0 Å². The van der Waals surface area contributed by atoms with E-state index < -0.39 is 18.0 Å². The van der Waals surface area contributed by atoms with Gasteiger partial charge in [-0.25, -0.2) is 0 Å². The number of benzene rings is 1. The molecule has 2 atom stereocenters. The zero-order valence-corrected chi connectivity index (χ0v) is 11.1. The van der Waals surface area contributed by atoms with Crippen molar-refractivity contribution >= 4 is 5.97 Å². The van der Waals surface area contributed by atoms with Gasteiger partial charge in [0.15, 0.2) is 0 Å². The van der Waals surface area contributed by atoms with Gasteiger partial charge in [-0.2, -0.15) is 0 Å². The number of aryl methyl sites for hydroxylation is 3. The van der Waals surface area contributed by atoms with Crippen LogP contribution in [0.5, 0.6) is 0 Å². The van der Waals surface area contributed by atoms with E-state index in [0.29, 0.717) is 0 Å². The Morgan fingerprint density at radius 3 is 2.24 bits per heavy atom. The number of carbonyl (C=O) groups is 1. The van der Waals surface area contributed by atoms with Crippen LogP contribution in [0, 0.1) is 26.7 Å². The monoisotopic (exact) mass is 236 g/mol. The summed E-state index contributed by atoms with van der Waals surface area (Å²) in [5.74, 6) is -0.948. The number of carbonyl (C=O) groups excluding carboxylic acids is 1. The minimum Gasteiger partial charge on any atom is -0.469 e. The van der Waals surface area contributed by atoms with Crippen LogP contribution in [-0.2, 0) is 9.53 Å². The van der Waals surface area contributed by atoms with Crippen molar-refractivity contribution in [2.45, 2.75) is 33.8 Å². The molecule has 1 aromatic carbocycles. The van der Waals surface area contributed by atoms with Crippen LogP contribution >= 0.6 is 0 Å². The summed E-state index contributed by atoms with van der Waals surface area (Å²) in [5, 5.41) is 10.2. The van der Waals surface area contributed by atoms with Crippen LogP contribution in [0.15, 0.2) is 12.1 Å². The van der Waals surface area contributed by atoms with E-state index in [2.05, 4.69) is 4.74 Å². The molecule has 0 aliphatic rings. The Hall–Kier alpha value is -1.35. The molecule has 0 saturated heterocycles.